The number of hydrogen-bond acceptors (Lipinski definition) is 5. The van der Waals surface area contributed by atoms with Gasteiger partial charge in [-0.05, 0) is 42.8 Å². The van der Waals surface area contributed by atoms with E-state index in [0.717, 1.165) is 17.1 Å². The van der Waals surface area contributed by atoms with Crippen molar-refractivity contribution in [1.29, 1.82) is 0 Å². The molecule has 0 radical (unpaired) electrons. The summed E-state index contributed by atoms with van der Waals surface area (Å²) in [7, 11) is -4.06. The van der Waals surface area contributed by atoms with Crippen LogP contribution in [0.1, 0.15) is 52.5 Å². The first-order chi connectivity index (χ1) is 16.8. The average molecular weight is 510 g/mol. The van der Waals surface area contributed by atoms with E-state index in [2.05, 4.69) is 0 Å². The molecule has 0 bridgehead atoms. The van der Waals surface area contributed by atoms with E-state index in [4.69, 9.17) is 16.3 Å². The number of sulfonamides is 1. The van der Waals surface area contributed by atoms with Gasteiger partial charge in [-0.1, -0.05) is 73.8 Å². The number of allylic oxidation sites excluding steroid dienone is 1. The summed E-state index contributed by atoms with van der Waals surface area (Å²) >= 11 is 5.94. The number of halogens is 1. The van der Waals surface area contributed by atoms with Crippen LogP contribution in [-0.4, -0.2) is 31.0 Å². The number of nitrogens with zero attached hydrogens (tertiary/aromatic N) is 1. The van der Waals surface area contributed by atoms with E-state index in [1.54, 1.807) is 60.7 Å². The van der Waals surface area contributed by atoms with E-state index in [-0.39, 0.29) is 39.6 Å². The van der Waals surface area contributed by atoms with Gasteiger partial charge in [-0.2, -0.15) is 0 Å². The average Bonchev–Trinajstić information content (AvgIpc) is 2.87. The number of hydrogen-bond donors (Lipinski definition) is 0. The number of ketones is 1. The highest BCUT2D eigenvalue weighted by Crippen LogP contribution is 2.39. The minimum atomic E-state index is -4.06. The summed E-state index contributed by atoms with van der Waals surface area (Å²) in [5.41, 5.74) is 0.503. The number of rotatable bonds is 8. The minimum Gasteiger partial charge on any atom is -0.420 e. The molecule has 1 aliphatic heterocycles. The summed E-state index contributed by atoms with van der Waals surface area (Å²) < 4.78 is 34.2. The summed E-state index contributed by atoms with van der Waals surface area (Å²) in [6, 6.07) is 20.7. The van der Waals surface area contributed by atoms with Gasteiger partial charge in [-0.25, -0.2) is 13.2 Å². The summed E-state index contributed by atoms with van der Waals surface area (Å²) in [6.07, 6.45) is 2.19. The molecule has 0 fully saturated rings. The van der Waals surface area contributed by atoms with Gasteiger partial charge in [-0.15, -0.1) is 0 Å². The molecule has 4 rings (SSSR count). The Balaban J connectivity index is 1.92. The van der Waals surface area contributed by atoms with Crippen LogP contribution >= 0.6 is 11.6 Å². The van der Waals surface area contributed by atoms with Gasteiger partial charge < -0.3 is 4.74 Å². The van der Waals surface area contributed by atoms with Crippen molar-refractivity contribution in [2.24, 2.45) is 0 Å². The van der Waals surface area contributed by atoms with Crippen LogP contribution in [0.4, 0.5) is 0 Å². The lowest BCUT2D eigenvalue weighted by Gasteiger charge is -2.33. The maximum absolute atomic E-state index is 13.7. The van der Waals surface area contributed by atoms with E-state index >= 15 is 0 Å². The first-order valence-corrected chi connectivity index (χ1v) is 13.1. The topological polar surface area (TPSA) is 80.8 Å². The zero-order valence-corrected chi connectivity index (χ0v) is 20.7. The Kier molecular flexibility index (Phi) is 7.38. The number of benzene rings is 3. The molecule has 0 saturated heterocycles. The van der Waals surface area contributed by atoms with Gasteiger partial charge in [0.2, 0.25) is 5.78 Å². The quantitative estimate of drug-likeness (QED) is 0.213. The lowest BCUT2D eigenvalue weighted by molar-refractivity contribution is 0.0685. The van der Waals surface area contributed by atoms with Crippen LogP contribution in [-0.2, 0) is 14.8 Å². The smallest absolute Gasteiger partial charge is 0.343 e. The maximum atomic E-state index is 13.7. The third-order valence-corrected chi connectivity index (χ3v) is 7.76. The van der Waals surface area contributed by atoms with E-state index in [9.17, 15) is 18.0 Å². The van der Waals surface area contributed by atoms with Crippen molar-refractivity contribution >= 4 is 39.1 Å². The molecule has 1 aliphatic rings. The van der Waals surface area contributed by atoms with Crippen molar-refractivity contribution in [3.8, 4) is 0 Å². The Hall–Kier alpha value is -3.42. The van der Waals surface area contributed by atoms with Crippen molar-refractivity contribution in [2.75, 3.05) is 6.54 Å². The Labute approximate surface area is 209 Å². The lowest BCUT2D eigenvalue weighted by atomic mass is 10.0. The van der Waals surface area contributed by atoms with E-state index in [1.807, 2.05) is 6.92 Å². The molecule has 0 saturated carbocycles. The number of ether oxygens (including phenoxy) is 1. The van der Waals surface area contributed by atoms with Crippen LogP contribution in [0.25, 0.3) is 5.76 Å². The predicted octanol–water partition coefficient (Wildman–Crippen LogP) is 5.94. The SMILES string of the molecule is CCCCCN1C(C(=O)c2ccccc2)=C(OC(=O)c2ccc(Cl)cc2)c2ccccc2S1(=O)=O. The van der Waals surface area contributed by atoms with Crippen LogP contribution < -0.4 is 0 Å². The zero-order valence-electron chi connectivity index (χ0n) is 19.1. The van der Waals surface area contributed by atoms with Gasteiger partial charge >= 0.3 is 5.97 Å². The molecule has 0 spiro atoms. The second kappa shape index (κ2) is 10.5. The molecule has 0 aromatic heterocycles. The monoisotopic (exact) mass is 509 g/mol. The first kappa shape index (κ1) is 24.7. The van der Waals surface area contributed by atoms with Crippen molar-refractivity contribution in [3.63, 3.8) is 0 Å². The number of carbonyl (C=O) groups is 2. The van der Waals surface area contributed by atoms with Crippen molar-refractivity contribution in [3.05, 3.63) is 106 Å². The largest absolute Gasteiger partial charge is 0.420 e. The van der Waals surface area contributed by atoms with Gasteiger partial charge in [0.25, 0.3) is 10.0 Å². The molecule has 0 unspecified atom stereocenters. The Morgan fingerprint density at radius 2 is 1.51 bits per heavy atom. The molecular weight excluding hydrogens is 486 g/mol. The molecule has 180 valence electrons. The van der Waals surface area contributed by atoms with Crippen molar-refractivity contribution in [1.82, 2.24) is 4.31 Å². The Morgan fingerprint density at radius 3 is 2.20 bits per heavy atom. The highest BCUT2D eigenvalue weighted by Gasteiger charge is 2.41. The molecule has 1 heterocycles. The molecule has 0 atom stereocenters. The zero-order chi connectivity index (χ0) is 25.0. The molecule has 0 N–H and O–H groups in total. The third-order valence-electron chi connectivity index (χ3n) is 5.65. The number of esters is 1. The Bertz CT molecular complexity index is 1380. The molecule has 0 amide bonds. The minimum absolute atomic E-state index is 0.0139. The van der Waals surface area contributed by atoms with Gasteiger partial charge in [0.05, 0.1) is 10.5 Å². The molecule has 35 heavy (non-hydrogen) atoms. The van der Waals surface area contributed by atoms with Gasteiger partial charge in [0.15, 0.2) is 5.76 Å². The summed E-state index contributed by atoms with van der Waals surface area (Å²) in [5.74, 6) is -1.35. The summed E-state index contributed by atoms with van der Waals surface area (Å²) in [6.45, 7) is 2.09. The number of fused-ring (bicyclic) bond motifs is 1. The first-order valence-electron chi connectivity index (χ1n) is 11.3. The van der Waals surface area contributed by atoms with Crippen LogP contribution in [0.15, 0.2) is 89.5 Å². The van der Waals surface area contributed by atoms with Crippen LogP contribution in [0.2, 0.25) is 5.02 Å². The van der Waals surface area contributed by atoms with Crippen LogP contribution in [0.5, 0.6) is 0 Å². The molecule has 6 nitrogen and oxygen atoms in total. The Morgan fingerprint density at radius 1 is 0.857 bits per heavy atom. The van der Waals surface area contributed by atoms with Crippen LogP contribution in [0.3, 0.4) is 0 Å². The van der Waals surface area contributed by atoms with Crippen LogP contribution in [0, 0.1) is 0 Å². The number of carbonyl (C=O) groups excluding carboxylic acids is 2. The van der Waals surface area contributed by atoms with Gasteiger partial charge in [0, 0.05) is 22.7 Å². The second-order valence-electron chi connectivity index (χ2n) is 8.05. The summed E-state index contributed by atoms with van der Waals surface area (Å²) in [5, 5.41) is 0.455. The van der Waals surface area contributed by atoms with E-state index in [1.165, 1.54) is 18.2 Å². The van der Waals surface area contributed by atoms with Crippen molar-refractivity contribution in [2.45, 2.75) is 31.1 Å². The predicted molar refractivity (Wildman–Crippen MR) is 134 cm³/mol. The van der Waals surface area contributed by atoms with E-state index in [0.29, 0.717) is 11.4 Å². The van der Waals surface area contributed by atoms with Crippen molar-refractivity contribution < 1.29 is 22.7 Å². The normalized spacial score (nSPS) is 14.4. The highest BCUT2D eigenvalue weighted by molar-refractivity contribution is 7.89. The fourth-order valence-corrected chi connectivity index (χ4v) is 5.71. The molecule has 3 aromatic carbocycles. The van der Waals surface area contributed by atoms with Gasteiger partial charge in [0.1, 0.15) is 5.70 Å². The fourth-order valence-electron chi connectivity index (χ4n) is 3.88. The number of Topliss-reactive ketones (excluding diaryl/α,β-unsaturated/α-hetero) is 1. The van der Waals surface area contributed by atoms with E-state index < -0.39 is 21.8 Å². The molecular formula is C27H24ClNO5S. The summed E-state index contributed by atoms with van der Waals surface area (Å²) in [4.78, 5) is 26.8. The molecule has 8 heteroatoms. The van der Waals surface area contributed by atoms with Gasteiger partial charge in [-0.3, -0.25) is 9.10 Å². The highest BCUT2D eigenvalue weighted by atomic mass is 35.5. The third kappa shape index (κ3) is 5.01. The second-order valence-corrected chi connectivity index (χ2v) is 10.3. The fraction of sp³-hybridized carbons (Fsp3) is 0.185. The molecule has 0 aliphatic carbocycles. The number of unbranched alkanes of at least 4 members (excludes halogenated alkanes) is 2. The standard InChI is InChI=1S/C27H24ClNO5S/c1-2-3-9-18-29-24(25(30)19-10-5-4-6-11-19)26(22-12-7-8-13-23(22)35(29,32)33)34-27(31)20-14-16-21(28)17-15-20/h4-8,10-17H,2-3,9,18H2,1H3. The maximum Gasteiger partial charge on any atom is 0.343 e. The molecule has 3 aromatic rings. The lowest BCUT2D eigenvalue weighted by Crippen LogP contribution is -2.39.